The van der Waals surface area contributed by atoms with Gasteiger partial charge in [0, 0.05) is 11.1 Å². The zero-order valence-electron chi connectivity index (χ0n) is 10.6. The van der Waals surface area contributed by atoms with Crippen LogP contribution in [-0.4, -0.2) is 18.1 Å². The highest BCUT2D eigenvalue weighted by atomic mass is 35.5. The molecule has 18 heavy (non-hydrogen) atoms. The van der Waals surface area contributed by atoms with Gasteiger partial charge in [0.15, 0.2) is 0 Å². The van der Waals surface area contributed by atoms with Crippen molar-refractivity contribution < 1.29 is 0 Å². The predicted molar refractivity (Wildman–Crippen MR) is 80.7 cm³/mol. The Morgan fingerprint density at radius 3 is 2.67 bits per heavy atom. The molecule has 1 aromatic rings. The van der Waals surface area contributed by atoms with Crippen molar-refractivity contribution in [3.05, 3.63) is 34.3 Å². The van der Waals surface area contributed by atoms with Gasteiger partial charge in [0.1, 0.15) is 0 Å². The summed E-state index contributed by atoms with van der Waals surface area (Å²) in [5.41, 5.74) is 2.74. The van der Waals surface area contributed by atoms with Crippen LogP contribution in [0.5, 0.6) is 0 Å². The molecule has 0 radical (unpaired) electrons. The molecule has 1 N–H and O–H groups in total. The molecule has 2 aliphatic rings. The number of nitrogens with one attached hydrogen (secondary N) is 1. The van der Waals surface area contributed by atoms with Gasteiger partial charge in [-0.25, -0.2) is 0 Å². The zero-order valence-corrected chi connectivity index (χ0v) is 12.2. The molecule has 2 heterocycles. The lowest BCUT2D eigenvalue weighted by Crippen LogP contribution is -2.13. The molecular weight excluding hydrogens is 262 g/mol. The summed E-state index contributed by atoms with van der Waals surface area (Å²) in [5, 5.41) is 4.52. The van der Waals surface area contributed by atoms with Gasteiger partial charge in [0.25, 0.3) is 0 Å². The van der Waals surface area contributed by atoms with E-state index in [1.165, 1.54) is 48.3 Å². The van der Waals surface area contributed by atoms with E-state index in [-0.39, 0.29) is 0 Å². The average Bonchev–Trinajstić information content (AvgIpc) is 2.93. The number of benzene rings is 1. The minimum absolute atomic E-state index is 0.526. The van der Waals surface area contributed by atoms with Crippen molar-refractivity contribution in [2.75, 3.05) is 18.1 Å². The van der Waals surface area contributed by atoms with Gasteiger partial charge in [-0.15, -0.1) is 0 Å². The minimum atomic E-state index is 0.526. The Bertz CT molecular complexity index is 409. The van der Waals surface area contributed by atoms with Crippen LogP contribution in [0.25, 0.3) is 0 Å². The summed E-state index contributed by atoms with van der Waals surface area (Å²) in [6, 6.07) is 7.28. The van der Waals surface area contributed by atoms with Gasteiger partial charge in [-0.2, -0.15) is 11.8 Å². The summed E-state index contributed by atoms with van der Waals surface area (Å²) in [4.78, 5) is 0. The van der Waals surface area contributed by atoms with Gasteiger partial charge in [-0.3, -0.25) is 0 Å². The van der Waals surface area contributed by atoms with E-state index in [0.717, 1.165) is 11.6 Å². The fourth-order valence-corrected chi connectivity index (χ4v) is 4.52. The molecule has 1 unspecified atom stereocenters. The lowest BCUT2D eigenvalue weighted by molar-refractivity contribution is 0.630. The molecule has 1 aromatic carbocycles. The van der Waals surface area contributed by atoms with Gasteiger partial charge >= 0.3 is 0 Å². The first-order chi connectivity index (χ1) is 8.84. The van der Waals surface area contributed by atoms with Crippen molar-refractivity contribution in [1.82, 2.24) is 5.32 Å². The second-order valence-corrected chi connectivity index (χ2v) is 6.95. The standard InChI is InChI=1S/C15H20ClNS/c16-14-10-12(15-2-1-7-17-15)3-4-13(14)11-5-8-18-9-6-11/h3-4,10-11,15,17H,1-2,5-9H2. The van der Waals surface area contributed by atoms with E-state index < -0.39 is 0 Å². The molecule has 0 amide bonds. The van der Waals surface area contributed by atoms with E-state index in [0.29, 0.717) is 12.0 Å². The zero-order chi connectivity index (χ0) is 12.4. The average molecular weight is 282 g/mol. The Morgan fingerprint density at radius 1 is 1.17 bits per heavy atom. The number of hydrogen-bond donors (Lipinski definition) is 1. The first kappa shape index (κ1) is 12.8. The molecule has 0 aliphatic carbocycles. The third kappa shape index (κ3) is 2.71. The van der Waals surface area contributed by atoms with Gasteiger partial charge in [0.05, 0.1) is 0 Å². The van der Waals surface area contributed by atoms with Crippen molar-refractivity contribution >= 4 is 23.4 Å². The maximum absolute atomic E-state index is 6.51. The van der Waals surface area contributed by atoms with Crippen molar-refractivity contribution in [2.45, 2.75) is 37.6 Å². The molecule has 1 atom stereocenters. The Hall–Kier alpha value is -0.180. The third-order valence-electron chi connectivity index (χ3n) is 4.15. The molecule has 0 bridgehead atoms. The van der Waals surface area contributed by atoms with Crippen LogP contribution in [0.4, 0.5) is 0 Å². The summed E-state index contributed by atoms with van der Waals surface area (Å²) >= 11 is 8.58. The van der Waals surface area contributed by atoms with E-state index in [1.807, 2.05) is 0 Å². The first-order valence-electron chi connectivity index (χ1n) is 6.95. The van der Waals surface area contributed by atoms with Crippen LogP contribution in [0.15, 0.2) is 18.2 Å². The van der Waals surface area contributed by atoms with Crippen molar-refractivity contribution in [2.24, 2.45) is 0 Å². The highest BCUT2D eigenvalue weighted by molar-refractivity contribution is 7.99. The van der Waals surface area contributed by atoms with E-state index in [4.69, 9.17) is 11.6 Å². The maximum atomic E-state index is 6.51. The SMILES string of the molecule is Clc1cc(C2CCCN2)ccc1C1CCSCC1. The van der Waals surface area contributed by atoms with Gasteiger partial charge in [-0.1, -0.05) is 23.7 Å². The molecule has 3 rings (SSSR count). The van der Waals surface area contributed by atoms with Crippen LogP contribution >= 0.6 is 23.4 Å². The molecule has 0 spiro atoms. The lowest BCUT2D eigenvalue weighted by atomic mass is 9.91. The van der Waals surface area contributed by atoms with Crippen LogP contribution in [0.1, 0.15) is 48.8 Å². The lowest BCUT2D eigenvalue weighted by Gasteiger charge is -2.23. The van der Waals surface area contributed by atoms with Crippen LogP contribution in [0.3, 0.4) is 0 Å². The summed E-state index contributed by atoms with van der Waals surface area (Å²) in [7, 11) is 0. The molecule has 2 fully saturated rings. The summed E-state index contributed by atoms with van der Waals surface area (Å²) in [6.45, 7) is 1.14. The highest BCUT2D eigenvalue weighted by Gasteiger charge is 2.21. The molecule has 1 nitrogen and oxygen atoms in total. The maximum Gasteiger partial charge on any atom is 0.0444 e. The fourth-order valence-electron chi connectivity index (χ4n) is 3.07. The summed E-state index contributed by atoms with van der Waals surface area (Å²) in [5.74, 6) is 3.25. The second-order valence-electron chi connectivity index (χ2n) is 5.32. The summed E-state index contributed by atoms with van der Waals surface area (Å²) in [6.07, 6.45) is 5.09. The largest absolute Gasteiger partial charge is 0.310 e. The Labute approximate surface area is 119 Å². The summed E-state index contributed by atoms with van der Waals surface area (Å²) < 4.78 is 0. The third-order valence-corrected chi connectivity index (χ3v) is 5.52. The molecule has 2 saturated heterocycles. The first-order valence-corrected chi connectivity index (χ1v) is 8.48. The molecule has 0 saturated carbocycles. The molecular formula is C15H20ClNS. The van der Waals surface area contributed by atoms with Crippen LogP contribution < -0.4 is 5.32 Å². The number of halogens is 1. The van der Waals surface area contributed by atoms with Crippen molar-refractivity contribution in [1.29, 1.82) is 0 Å². The van der Waals surface area contributed by atoms with Crippen LogP contribution in [-0.2, 0) is 0 Å². The van der Waals surface area contributed by atoms with Crippen molar-refractivity contribution in [3.63, 3.8) is 0 Å². The van der Waals surface area contributed by atoms with E-state index >= 15 is 0 Å². The van der Waals surface area contributed by atoms with Crippen LogP contribution in [0.2, 0.25) is 5.02 Å². The topological polar surface area (TPSA) is 12.0 Å². The Morgan fingerprint density at radius 2 is 2.00 bits per heavy atom. The number of hydrogen-bond acceptors (Lipinski definition) is 2. The minimum Gasteiger partial charge on any atom is -0.310 e. The Balaban J connectivity index is 1.79. The number of thioether (sulfide) groups is 1. The van der Waals surface area contributed by atoms with Gasteiger partial charge in [-0.05, 0) is 66.8 Å². The molecule has 0 aromatic heterocycles. The number of rotatable bonds is 2. The fraction of sp³-hybridized carbons (Fsp3) is 0.600. The van der Waals surface area contributed by atoms with E-state index in [1.54, 1.807) is 0 Å². The van der Waals surface area contributed by atoms with Gasteiger partial charge < -0.3 is 5.32 Å². The predicted octanol–water partition coefficient (Wildman–Crippen LogP) is 4.38. The van der Waals surface area contributed by atoms with Gasteiger partial charge in [0.2, 0.25) is 0 Å². The molecule has 3 heteroatoms. The Kier molecular flexibility index (Phi) is 4.17. The quantitative estimate of drug-likeness (QED) is 0.864. The monoisotopic (exact) mass is 281 g/mol. The highest BCUT2D eigenvalue weighted by Crippen LogP contribution is 2.37. The van der Waals surface area contributed by atoms with E-state index in [9.17, 15) is 0 Å². The second kappa shape index (κ2) is 5.85. The van der Waals surface area contributed by atoms with Crippen LogP contribution in [0, 0.1) is 0 Å². The molecule has 98 valence electrons. The normalized spacial score (nSPS) is 25.5. The smallest absolute Gasteiger partial charge is 0.0444 e. The molecule has 2 aliphatic heterocycles. The van der Waals surface area contributed by atoms with Crippen molar-refractivity contribution in [3.8, 4) is 0 Å². The van der Waals surface area contributed by atoms with E-state index in [2.05, 4.69) is 35.3 Å².